The zero-order valence-corrected chi connectivity index (χ0v) is 19.6. The summed E-state index contributed by atoms with van der Waals surface area (Å²) in [6.45, 7) is 3.44. The summed E-state index contributed by atoms with van der Waals surface area (Å²) < 4.78 is 10.7. The van der Waals surface area contributed by atoms with Crippen LogP contribution in [0.2, 0.25) is 5.02 Å². The number of aryl methyl sites for hydroxylation is 2. The lowest BCUT2D eigenvalue weighted by Gasteiger charge is -2.09. The lowest BCUT2D eigenvalue weighted by Crippen LogP contribution is -2.21. The highest BCUT2D eigenvalue weighted by Gasteiger charge is 2.12. The summed E-state index contributed by atoms with van der Waals surface area (Å²) in [4.78, 5) is 36.0. The topological polar surface area (TPSA) is 93.7 Å². The zero-order chi connectivity index (χ0) is 24.5. The number of ether oxygens (including phenoxy) is 2. The Labute approximate surface area is 203 Å². The lowest BCUT2D eigenvalue weighted by atomic mass is 10.1. The second kappa shape index (κ2) is 11.9. The number of para-hydroxylation sites is 1. The third-order valence-electron chi connectivity index (χ3n) is 4.63. The minimum Gasteiger partial charge on any atom is -0.456 e. The molecule has 0 aliphatic rings. The van der Waals surface area contributed by atoms with Gasteiger partial charge in [0.25, 0.3) is 5.91 Å². The van der Waals surface area contributed by atoms with E-state index in [1.54, 1.807) is 36.4 Å². The molecule has 0 heterocycles. The maximum absolute atomic E-state index is 12.1. The van der Waals surface area contributed by atoms with Gasteiger partial charge >= 0.3 is 5.97 Å². The fourth-order valence-electron chi connectivity index (χ4n) is 3.16. The molecule has 2 amide bonds. The summed E-state index contributed by atoms with van der Waals surface area (Å²) in [6.07, 6.45) is -0.216. The predicted molar refractivity (Wildman–Crippen MR) is 131 cm³/mol. The third kappa shape index (κ3) is 7.94. The van der Waals surface area contributed by atoms with Crippen molar-refractivity contribution in [1.82, 2.24) is 0 Å². The molecule has 0 aliphatic carbocycles. The molecule has 0 fully saturated rings. The molecule has 3 aromatic carbocycles. The van der Waals surface area contributed by atoms with Crippen LogP contribution in [0.4, 0.5) is 11.4 Å². The van der Waals surface area contributed by atoms with E-state index in [4.69, 9.17) is 21.1 Å². The van der Waals surface area contributed by atoms with Crippen molar-refractivity contribution in [1.29, 1.82) is 0 Å². The van der Waals surface area contributed by atoms with E-state index in [0.29, 0.717) is 27.9 Å². The Morgan fingerprint density at radius 3 is 2.12 bits per heavy atom. The van der Waals surface area contributed by atoms with Gasteiger partial charge in [0.1, 0.15) is 11.5 Å². The van der Waals surface area contributed by atoms with Crippen LogP contribution < -0.4 is 15.4 Å². The minimum absolute atomic E-state index is 0.0740. The molecule has 8 heteroatoms. The van der Waals surface area contributed by atoms with Crippen LogP contribution in [0.5, 0.6) is 11.5 Å². The van der Waals surface area contributed by atoms with Gasteiger partial charge in [0.05, 0.1) is 11.4 Å². The number of carbonyl (C=O) groups excluding carboxylic acids is 3. The molecular formula is C26H25ClN2O5. The SMILES string of the molecule is Cc1cc(C)cc(NC(=O)COC(=O)CCC(=O)Nc2ccc(Oc3ccccc3Cl)cc2)c1. The minimum atomic E-state index is -0.630. The molecule has 0 saturated carbocycles. The van der Waals surface area contributed by atoms with Gasteiger partial charge in [-0.25, -0.2) is 0 Å². The highest BCUT2D eigenvalue weighted by atomic mass is 35.5. The van der Waals surface area contributed by atoms with Gasteiger partial charge in [-0.3, -0.25) is 14.4 Å². The molecule has 0 radical (unpaired) electrons. The van der Waals surface area contributed by atoms with Crippen molar-refractivity contribution < 1.29 is 23.9 Å². The fraction of sp³-hybridized carbons (Fsp3) is 0.192. The summed E-state index contributed by atoms with van der Waals surface area (Å²) in [7, 11) is 0. The molecule has 7 nitrogen and oxygen atoms in total. The molecule has 0 atom stereocenters. The number of halogens is 1. The van der Waals surface area contributed by atoms with Gasteiger partial charge in [-0.15, -0.1) is 0 Å². The monoisotopic (exact) mass is 480 g/mol. The van der Waals surface area contributed by atoms with E-state index >= 15 is 0 Å². The van der Waals surface area contributed by atoms with Gasteiger partial charge in [-0.2, -0.15) is 0 Å². The largest absolute Gasteiger partial charge is 0.456 e. The van der Waals surface area contributed by atoms with Gasteiger partial charge in [-0.05, 0) is 73.5 Å². The molecule has 0 spiro atoms. The summed E-state index contributed by atoms with van der Waals surface area (Å²) in [5.74, 6) is -0.330. The lowest BCUT2D eigenvalue weighted by molar-refractivity contribution is -0.147. The van der Waals surface area contributed by atoms with Crippen LogP contribution in [0.1, 0.15) is 24.0 Å². The van der Waals surface area contributed by atoms with Crippen LogP contribution in [0.3, 0.4) is 0 Å². The van der Waals surface area contributed by atoms with E-state index in [2.05, 4.69) is 10.6 Å². The number of esters is 1. The van der Waals surface area contributed by atoms with Gasteiger partial charge < -0.3 is 20.1 Å². The van der Waals surface area contributed by atoms with Crippen molar-refractivity contribution in [3.63, 3.8) is 0 Å². The van der Waals surface area contributed by atoms with Crippen molar-refractivity contribution in [2.24, 2.45) is 0 Å². The molecular weight excluding hydrogens is 456 g/mol. The van der Waals surface area contributed by atoms with Crippen molar-refractivity contribution in [3.05, 3.63) is 82.9 Å². The molecule has 0 saturated heterocycles. The number of amides is 2. The smallest absolute Gasteiger partial charge is 0.306 e. The normalized spacial score (nSPS) is 10.3. The van der Waals surface area contributed by atoms with Crippen molar-refractivity contribution >= 4 is 40.8 Å². The first-order valence-electron chi connectivity index (χ1n) is 10.6. The summed E-state index contributed by atoms with van der Waals surface area (Å²) >= 11 is 6.08. The molecule has 0 unspecified atom stereocenters. The molecule has 0 bridgehead atoms. The number of benzene rings is 3. The van der Waals surface area contributed by atoms with Gasteiger partial charge in [0.15, 0.2) is 6.61 Å². The first-order valence-corrected chi connectivity index (χ1v) is 11.0. The van der Waals surface area contributed by atoms with Crippen molar-refractivity contribution in [2.45, 2.75) is 26.7 Å². The molecule has 3 rings (SSSR count). The van der Waals surface area contributed by atoms with E-state index in [1.165, 1.54) is 0 Å². The molecule has 176 valence electrons. The van der Waals surface area contributed by atoms with Crippen molar-refractivity contribution in [2.75, 3.05) is 17.2 Å². The first-order chi connectivity index (χ1) is 16.3. The van der Waals surface area contributed by atoms with Crippen LogP contribution in [-0.2, 0) is 19.1 Å². The molecule has 2 N–H and O–H groups in total. The maximum atomic E-state index is 12.1. The number of carbonyl (C=O) groups is 3. The predicted octanol–water partition coefficient (Wildman–Crippen LogP) is 5.65. The van der Waals surface area contributed by atoms with Crippen LogP contribution >= 0.6 is 11.6 Å². The molecule has 0 aromatic heterocycles. The fourth-order valence-corrected chi connectivity index (χ4v) is 3.34. The summed E-state index contributed by atoms with van der Waals surface area (Å²) in [5.41, 5.74) is 3.22. The second-order valence-corrected chi connectivity index (χ2v) is 8.10. The van der Waals surface area contributed by atoms with Crippen LogP contribution in [0.15, 0.2) is 66.7 Å². The quantitative estimate of drug-likeness (QED) is 0.386. The highest BCUT2D eigenvalue weighted by molar-refractivity contribution is 6.32. The highest BCUT2D eigenvalue weighted by Crippen LogP contribution is 2.29. The number of hydrogen-bond acceptors (Lipinski definition) is 5. The molecule has 0 aliphatic heterocycles. The average molecular weight is 481 g/mol. The number of rotatable bonds is 9. The van der Waals surface area contributed by atoms with E-state index in [0.717, 1.165) is 11.1 Å². The van der Waals surface area contributed by atoms with Crippen LogP contribution in [0, 0.1) is 13.8 Å². The Hall–Kier alpha value is -3.84. The van der Waals surface area contributed by atoms with Crippen LogP contribution in [0.25, 0.3) is 0 Å². The number of nitrogens with one attached hydrogen (secondary N) is 2. The van der Waals surface area contributed by atoms with Crippen LogP contribution in [-0.4, -0.2) is 24.4 Å². The molecule has 3 aromatic rings. The summed E-state index contributed by atoms with van der Waals surface area (Å²) in [5, 5.41) is 5.88. The van der Waals surface area contributed by atoms with E-state index in [-0.39, 0.29) is 18.7 Å². The Balaban J connectivity index is 1.38. The Morgan fingerprint density at radius 2 is 1.44 bits per heavy atom. The number of anilines is 2. The molecule has 34 heavy (non-hydrogen) atoms. The van der Waals surface area contributed by atoms with Gasteiger partial charge in [0, 0.05) is 17.8 Å². The standard InChI is InChI=1S/C26H25ClN2O5/c1-17-13-18(2)15-20(14-17)29-25(31)16-33-26(32)12-11-24(30)28-19-7-9-21(10-8-19)34-23-6-4-3-5-22(23)27/h3-10,13-15H,11-12,16H2,1-2H3,(H,28,30)(H,29,31). The maximum Gasteiger partial charge on any atom is 0.306 e. The Kier molecular flexibility index (Phi) is 8.65. The van der Waals surface area contributed by atoms with E-state index in [9.17, 15) is 14.4 Å². The number of hydrogen-bond donors (Lipinski definition) is 2. The second-order valence-electron chi connectivity index (χ2n) is 7.69. The first kappa shape index (κ1) is 24.8. The van der Waals surface area contributed by atoms with Gasteiger partial charge in [0.2, 0.25) is 5.91 Å². The summed E-state index contributed by atoms with van der Waals surface area (Å²) in [6, 6.07) is 19.5. The Morgan fingerprint density at radius 1 is 0.794 bits per heavy atom. The third-order valence-corrected chi connectivity index (χ3v) is 4.94. The average Bonchev–Trinajstić information content (AvgIpc) is 2.78. The zero-order valence-electron chi connectivity index (χ0n) is 18.9. The van der Waals surface area contributed by atoms with E-state index in [1.807, 2.05) is 44.2 Å². The Bertz CT molecular complexity index is 1160. The van der Waals surface area contributed by atoms with Gasteiger partial charge in [-0.1, -0.05) is 29.8 Å². The van der Waals surface area contributed by atoms with E-state index < -0.39 is 18.5 Å². The van der Waals surface area contributed by atoms with Crippen molar-refractivity contribution in [3.8, 4) is 11.5 Å².